The summed E-state index contributed by atoms with van der Waals surface area (Å²) in [6, 6.07) is 11.2. The summed E-state index contributed by atoms with van der Waals surface area (Å²) in [6.07, 6.45) is 0. The Morgan fingerprint density at radius 3 is 2.71 bits per heavy atom. The van der Waals surface area contributed by atoms with Gasteiger partial charge in [0.2, 0.25) is 0 Å². The number of benzene rings is 1. The number of halogens is 1. The van der Waals surface area contributed by atoms with E-state index in [0.717, 1.165) is 14.9 Å². The molecule has 108 valence electrons. The lowest BCUT2D eigenvalue weighted by Crippen LogP contribution is -2.36. The Kier molecular flexibility index (Phi) is 5.37. The molecular weight excluding hydrogens is 350 g/mol. The Bertz CT molecular complexity index is 660. The number of urea groups is 1. The Labute approximate surface area is 136 Å². The van der Waals surface area contributed by atoms with E-state index in [1.807, 2.05) is 23.6 Å². The van der Waals surface area contributed by atoms with Gasteiger partial charge in [0.25, 0.3) is 0 Å². The summed E-state index contributed by atoms with van der Waals surface area (Å²) in [7, 11) is 1.75. The van der Waals surface area contributed by atoms with Crippen LogP contribution in [0, 0.1) is 11.3 Å². The fourth-order valence-electron chi connectivity index (χ4n) is 1.77. The van der Waals surface area contributed by atoms with Crippen molar-refractivity contribution in [3.63, 3.8) is 0 Å². The van der Waals surface area contributed by atoms with Crippen LogP contribution in [0.1, 0.15) is 16.0 Å². The first-order valence-corrected chi connectivity index (χ1v) is 7.96. The SMILES string of the molecule is CN(Cc1ccc(C#N)cc1)C(=O)NCc1cc(Br)cs1. The van der Waals surface area contributed by atoms with Gasteiger partial charge >= 0.3 is 6.03 Å². The molecule has 4 nitrogen and oxygen atoms in total. The number of nitrogens with one attached hydrogen (secondary N) is 1. The number of amides is 2. The van der Waals surface area contributed by atoms with Gasteiger partial charge in [-0.15, -0.1) is 11.3 Å². The topological polar surface area (TPSA) is 56.1 Å². The molecule has 1 aromatic heterocycles. The highest BCUT2D eigenvalue weighted by Crippen LogP contribution is 2.19. The van der Waals surface area contributed by atoms with Gasteiger partial charge in [-0.2, -0.15) is 5.26 Å². The van der Waals surface area contributed by atoms with E-state index in [9.17, 15) is 4.79 Å². The van der Waals surface area contributed by atoms with Crippen molar-refractivity contribution in [2.75, 3.05) is 7.05 Å². The van der Waals surface area contributed by atoms with Crippen molar-refractivity contribution < 1.29 is 4.79 Å². The minimum Gasteiger partial charge on any atom is -0.333 e. The fraction of sp³-hybridized carbons (Fsp3) is 0.200. The van der Waals surface area contributed by atoms with Crippen molar-refractivity contribution in [1.29, 1.82) is 5.26 Å². The molecule has 2 amide bonds. The van der Waals surface area contributed by atoms with Crippen molar-refractivity contribution in [2.45, 2.75) is 13.1 Å². The van der Waals surface area contributed by atoms with Crippen LogP contribution in [0.15, 0.2) is 40.2 Å². The van der Waals surface area contributed by atoms with Crippen LogP contribution in [-0.2, 0) is 13.1 Å². The largest absolute Gasteiger partial charge is 0.333 e. The zero-order valence-electron chi connectivity index (χ0n) is 11.5. The number of carbonyl (C=O) groups is 1. The van der Waals surface area contributed by atoms with Crippen molar-refractivity contribution in [1.82, 2.24) is 10.2 Å². The zero-order valence-corrected chi connectivity index (χ0v) is 13.9. The highest BCUT2D eigenvalue weighted by Gasteiger charge is 2.09. The summed E-state index contributed by atoms with van der Waals surface area (Å²) in [6.45, 7) is 1.03. The van der Waals surface area contributed by atoms with Gasteiger partial charge in [-0.05, 0) is 39.7 Å². The van der Waals surface area contributed by atoms with E-state index in [-0.39, 0.29) is 6.03 Å². The number of nitrogens with zero attached hydrogens (tertiary/aromatic N) is 2. The predicted octanol–water partition coefficient (Wildman–Crippen LogP) is 3.72. The van der Waals surface area contributed by atoms with Gasteiger partial charge in [0, 0.05) is 28.3 Å². The lowest BCUT2D eigenvalue weighted by molar-refractivity contribution is 0.206. The maximum Gasteiger partial charge on any atom is 0.317 e. The second-order valence-electron chi connectivity index (χ2n) is 4.55. The third kappa shape index (κ3) is 4.59. The van der Waals surface area contributed by atoms with E-state index in [2.05, 4.69) is 27.3 Å². The van der Waals surface area contributed by atoms with Gasteiger partial charge in [-0.25, -0.2) is 4.79 Å². The number of carbonyl (C=O) groups excluding carboxylic acids is 1. The van der Waals surface area contributed by atoms with Crippen LogP contribution in [0.2, 0.25) is 0 Å². The molecule has 2 rings (SSSR count). The van der Waals surface area contributed by atoms with Crippen molar-refractivity contribution in [2.24, 2.45) is 0 Å². The van der Waals surface area contributed by atoms with Gasteiger partial charge in [-0.3, -0.25) is 0 Å². The summed E-state index contributed by atoms with van der Waals surface area (Å²) in [5, 5.41) is 13.6. The van der Waals surface area contributed by atoms with Gasteiger partial charge in [0.05, 0.1) is 18.2 Å². The van der Waals surface area contributed by atoms with Crippen LogP contribution in [0.25, 0.3) is 0 Å². The van der Waals surface area contributed by atoms with E-state index in [1.54, 1.807) is 35.4 Å². The molecule has 0 aliphatic heterocycles. The maximum absolute atomic E-state index is 12.0. The number of nitriles is 1. The first-order valence-electron chi connectivity index (χ1n) is 6.29. The van der Waals surface area contributed by atoms with Crippen LogP contribution < -0.4 is 5.32 Å². The Balaban J connectivity index is 1.85. The minimum atomic E-state index is -0.121. The molecule has 0 saturated heterocycles. The molecule has 0 unspecified atom stereocenters. The van der Waals surface area contributed by atoms with Crippen LogP contribution in [0.5, 0.6) is 0 Å². The van der Waals surface area contributed by atoms with Crippen LogP contribution in [0.3, 0.4) is 0 Å². The molecule has 0 radical (unpaired) electrons. The first kappa shape index (κ1) is 15.5. The normalized spacial score (nSPS) is 9.95. The van der Waals surface area contributed by atoms with E-state index < -0.39 is 0 Å². The molecule has 0 atom stereocenters. The highest BCUT2D eigenvalue weighted by atomic mass is 79.9. The number of hydrogen-bond acceptors (Lipinski definition) is 3. The molecule has 0 spiro atoms. The summed E-state index contributed by atoms with van der Waals surface area (Å²) in [5.74, 6) is 0. The number of rotatable bonds is 4. The average Bonchev–Trinajstić information content (AvgIpc) is 2.91. The fourth-order valence-corrected chi connectivity index (χ4v) is 3.17. The third-order valence-corrected chi connectivity index (χ3v) is 4.58. The lowest BCUT2D eigenvalue weighted by Gasteiger charge is -2.17. The molecular formula is C15H14BrN3OS. The molecule has 0 aliphatic rings. The molecule has 0 fully saturated rings. The van der Waals surface area contributed by atoms with Crippen LogP contribution in [-0.4, -0.2) is 18.0 Å². The molecule has 1 heterocycles. The smallest absolute Gasteiger partial charge is 0.317 e. The highest BCUT2D eigenvalue weighted by molar-refractivity contribution is 9.10. The summed E-state index contributed by atoms with van der Waals surface area (Å²) in [5.41, 5.74) is 1.61. The average molecular weight is 364 g/mol. The van der Waals surface area contributed by atoms with E-state index in [4.69, 9.17) is 5.26 Å². The zero-order chi connectivity index (χ0) is 15.2. The molecule has 0 bridgehead atoms. The van der Waals surface area contributed by atoms with Gasteiger partial charge in [0.1, 0.15) is 0 Å². The predicted molar refractivity (Wildman–Crippen MR) is 86.9 cm³/mol. The van der Waals surface area contributed by atoms with Gasteiger partial charge in [0.15, 0.2) is 0 Å². The Morgan fingerprint density at radius 2 is 2.14 bits per heavy atom. The molecule has 0 aliphatic carbocycles. The van der Waals surface area contributed by atoms with Crippen LogP contribution >= 0.6 is 27.3 Å². The third-order valence-electron chi connectivity index (χ3n) is 2.89. The molecule has 1 aromatic carbocycles. The second kappa shape index (κ2) is 7.25. The summed E-state index contributed by atoms with van der Waals surface area (Å²) in [4.78, 5) is 14.7. The van der Waals surface area contributed by atoms with Crippen molar-refractivity contribution >= 4 is 33.3 Å². The molecule has 0 saturated carbocycles. The van der Waals surface area contributed by atoms with Crippen molar-refractivity contribution in [3.8, 4) is 6.07 Å². The summed E-state index contributed by atoms with van der Waals surface area (Å²) < 4.78 is 1.03. The summed E-state index contributed by atoms with van der Waals surface area (Å²) >= 11 is 4.99. The Hall–Kier alpha value is -1.84. The maximum atomic E-state index is 12.0. The molecule has 2 aromatic rings. The van der Waals surface area contributed by atoms with Gasteiger partial charge < -0.3 is 10.2 Å². The van der Waals surface area contributed by atoms with Crippen molar-refractivity contribution in [3.05, 3.63) is 56.2 Å². The minimum absolute atomic E-state index is 0.121. The number of thiophene rings is 1. The molecule has 1 N–H and O–H groups in total. The second-order valence-corrected chi connectivity index (χ2v) is 6.47. The first-order chi connectivity index (χ1) is 10.1. The van der Waals surface area contributed by atoms with Crippen LogP contribution in [0.4, 0.5) is 4.79 Å². The van der Waals surface area contributed by atoms with E-state index in [0.29, 0.717) is 18.7 Å². The Morgan fingerprint density at radius 1 is 1.43 bits per heavy atom. The molecule has 21 heavy (non-hydrogen) atoms. The quantitative estimate of drug-likeness (QED) is 0.899. The standard InChI is InChI=1S/C15H14BrN3OS/c1-19(9-12-4-2-11(7-17)3-5-12)15(20)18-8-14-6-13(16)10-21-14/h2-6,10H,8-9H2,1H3,(H,18,20). The molecule has 6 heteroatoms. The van der Waals surface area contributed by atoms with Gasteiger partial charge in [-0.1, -0.05) is 12.1 Å². The van der Waals surface area contributed by atoms with E-state index in [1.165, 1.54) is 0 Å². The monoisotopic (exact) mass is 363 g/mol. The lowest BCUT2D eigenvalue weighted by atomic mass is 10.1. The number of hydrogen-bond donors (Lipinski definition) is 1. The van der Waals surface area contributed by atoms with E-state index >= 15 is 0 Å².